The van der Waals surface area contributed by atoms with Crippen molar-refractivity contribution in [3.8, 4) is 5.75 Å². The summed E-state index contributed by atoms with van der Waals surface area (Å²) in [6.07, 6.45) is 1.06. The molecule has 0 unspecified atom stereocenters. The van der Waals surface area contributed by atoms with E-state index in [1.54, 1.807) is 0 Å². The largest absolute Gasteiger partial charge is 0.486 e. The van der Waals surface area contributed by atoms with Gasteiger partial charge in [0.05, 0.1) is 10.7 Å². The number of sulfone groups is 1. The third-order valence-electron chi connectivity index (χ3n) is 1.83. The molecule has 0 bridgehead atoms. The lowest BCUT2D eigenvalue weighted by atomic mass is 10.3. The van der Waals surface area contributed by atoms with Crippen LogP contribution >= 0.6 is 11.6 Å². The molecule has 0 saturated heterocycles. The van der Waals surface area contributed by atoms with Crippen LogP contribution in [0.1, 0.15) is 0 Å². The average Bonchev–Trinajstić information content (AvgIpc) is 2.15. The normalized spacial score (nSPS) is 11.2. The van der Waals surface area contributed by atoms with Gasteiger partial charge in [0.15, 0.2) is 15.6 Å². The minimum Gasteiger partial charge on any atom is -0.486 e. The van der Waals surface area contributed by atoms with Crippen molar-refractivity contribution in [2.24, 2.45) is 0 Å². The van der Waals surface area contributed by atoms with Crippen LogP contribution in [0, 0.1) is 10.1 Å². The van der Waals surface area contributed by atoms with Gasteiger partial charge in [-0.1, -0.05) is 11.6 Å². The number of hydrogen-bond acceptors (Lipinski definition) is 5. The number of rotatable bonds is 5. The van der Waals surface area contributed by atoms with E-state index in [1.807, 2.05) is 0 Å². The molecular weight excluding hydrogens is 270 g/mol. The van der Waals surface area contributed by atoms with Gasteiger partial charge in [0.2, 0.25) is 0 Å². The van der Waals surface area contributed by atoms with Crippen molar-refractivity contribution in [3.05, 3.63) is 33.3 Å². The number of halogens is 1. The molecule has 8 heteroatoms. The Labute approximate surface area is 103 Å². The van der Waals surface area contributed by atoms with Crippen molar-refractivity contribution < 1.29 is 18.1 Å². The second kappa shape index (κ2) is 5.33. The van der Waals surface area contributed by atoms with E-state index in [1.165, 1.54) is 18.2 Å². The predicted octanol–water partition coefficient (Wildman–Crippen LogP) is 1.67. The smallest absolute Gasteiger partial charge is 0.311 e. The van der Waals surface area contributed by atoms with Crippen LogP contribution in [0.4, 0.5) is 5.69 Å². The Balaban J connectivity index is 2.82. The van der Waals surface area contributed by atoms with Gasteiger partial charge in [0.1, 0.15) is 6.61 Å². The van der Waals surface area contributed by atoms with Crippen LogP contribution in [-0.4, -0.2) is 32.0 Å². The summed E-state index contributed by atoms with van der Waals surface area (Å²) in [5, 5.41) is 10.9. The summed E-state index contributed by atoms with van der Waals surface area (Å²) in [5.41, 5.74) is -0.247. The van der Waals surface area contributed by atoms with Crippen LogP contribution in [-0.2, 0) is 9.84 Å². The molecule has 0 N–H and O–H groups in total. The monoisotopic (exact) mass is 279 g/mol. The Bertz CT molecular complexity index is 528. The minimum absolute atomic E-state index is 0.0360. The highest BCUT2D eigenvalue weighted by molar-refractivity contribution is 7.90. The van der Waals surface area contributed by atoms with Gasteiger partial charge in [0.25, 0.3) is 0 Å². The molecule has 0 amide bonds. The second-order valence-electron chi connectivity index (χ2n) is 3.35. The molecular formula is C9H10ClNO5S. The van der Waals surface area contributed by atoms with Crippen molar-refractivity contribution in [2.45, 2.75) is 0 Å². The van der Waals surface area contributed by atoms with E-state index in [2.05, 4.69) is 0 Å². The first-order valence-corrected chi connectivity index (χ1v) is 6.98. The lowest BCUT2D eigenvalue weighted by Gasteiger charge is -2.06. The van der Waals surface area contributed by atoms with Crippen molar-refractivity contribution in [2.75, 3.05) is 18.6 Å². The van der Waals surface area contributed by atoms with Gasteiger partial charge in [-0.2, -0.15) is 0 Å². The van der Waals surface area contributed by atoms with E-state index in [0.717, 1.165) is 6.26 Å². The summed E-state index contributed by atoms with van der Waals surface area (Å²) in [6.45, 7) is -0.153. The summed E-state index contributed by atoms with van der Waals surface area (Å²) in [6, 6.07) is 3.85. The van der Waals surface area contributed by atoms with E-state index in [4.69, 9.17) is 16.3 Å². The first kappa shape index (κ1) is 13.7. The molecule has 0 aliphatic rings. The fourth-order valence-electron chi connectivity index (χ4n) is 1.06. The summed E-state index contributed by atoms with van der Waals surface area (Å²) in [4.78, 5) is 10.0. The summed E-state index contributed by atoms with van der Waals surface area (Å²) in [7, 11) is -3.17. The highest BCUT2D eigenvalue weighted by atomic mass is 35.5. The number of hydrogen-bond donors (Lipinski definition) is 0. The Morgan fingerprint density at radius 1 is 1.47 bits per heavy atom. The lowest BCUT2D eigenvalue weighted by Crippen LogP contribution is -2.12. The molecule has 0 fully saturated rings. The molecule has 6 nitrogen and oxygen atoms in total. The zero-order chi connectivity index (χ0) is 13.1. The number of nitrogens with zero attached hydrogens (tertiary/aromatic N) is 1. The van der Waals surface area contributed by atoms with Gasteiger partial charge in [-0.05, 0) is 6.07 Å². The van der Waals surface area contributed by atoms with Crippen LogP contribution in [0.2, 0.25) is 5.02 Å². The number of nitro benzene ring substituents is 1. The Morgan fingerprint density at radius 2 is 2.12 bits per heavy atom. The quantitative estimate of drug-likeness (QED) is 0.604. The lowest BCUT2D eigenvalue weighted by molar-refractivity contribution is -0.385. The molecule has 1 aromatic rings. The van der Waals surface area contributed by atoms with Crippen LogP contribution in [0.25, 0.3) is 0 Å². The number of ether oxygens (including phenoxy) is 1. The number of benzene rings is 1. The molecule has 0 aliphatic carbocycles. The van der Waals surface area contributed by atoms with Gasteiger partial charge < -0.3 is 4.74 Å². The van der Waals surface area contributed by atoms with Gasteiger partial charge in [0, 0.05) is 23.4 Å². The first-order valence-electron chi connectivity index (χ1n) is 4.54. The van der Waals surface area contributed by atoms with Crippen LogP contribution in [0.3, 0.4) is 0 Å². The SMILES string of the molecule is CS(=O)(=O)CCOc1cc(Cl)ccc1[N+](=O)[O-]. The van der Waals surface area contributed by atoms with Crippen LogP contribution in [0.15, 0.2) is 18.2 Å². The number of nitro groups is 1. The van der Waals surface area contributed by atoms with E-state index in [-0.39, 0.29) is 28.8 Å². The molecule has 0 radical (unpaired) electrons. The molecule has 0 aliphatic heterocycles. The summed E-state index contributed by atoms with van der Waals surface area (Å²) >= 11 is 5.67. The highest BCUT2D eigenvalue weighted by Crippen LogP contribution is 2.29. The fraction of sp³-hybridized carbons (Fsp3) is 0.333. The highest BCUT2D eigenvalue weighted by Gasteiger charge is 2.15. The maximum atomic E-state index is 10.9. The van der Waals surface area contributed by atoms with E-state index in [9.17, 15) is 18.5 Å². The predicted molar refractivity (Wildman–Crippen MR) is 63.3 cm³/mol. The van der Waals surface area contributed by atoms with Crippen molar-refractivity contribution in [3.63, 3.8) is 0 Å². The molecule has 0 aromatic heterocycles. The maximum Gasteiger partial charge on any atom is 0.311 e. The van der Waals surface area contributed by atoms with Gasteiger partial charge >= 0.3 is 5.69 Å². The third-order valence-corrected chi connectivity index (χ3v) is 2.97. The van der Waals surface area contributed by atoms with Crippen LogP contribution in [0.5, 0.6) is 5.75 Å². The zero-order valence-corrected chi connectivity index (χ0v) is 10.5. The van der Waals surface area contributed by atoms with Crippen molar-refractivity contribution >= 4 is 27.1 Å². The van der Waals surface area contributed by atoms with Gasteiger partial charge in [-0.15, -0.1) is 0 Å². The topological polar surface area (TPSA) is 86.5 Å². The third kappa shape index (κ3) is 4.58. The molecule has 0 heterocycles. The Kier molecular flexibility index (Phi) is 4.30. The molecule has 0 saturated carbocycles. The van der Waals surface area contributed by atoms with E-state index >= 15 is 0 Å². The van der Waals surface area contributed by atoms with Gasteiger partial charge in [-0.25, -0.2) is 8.42 Å². The molecule has 1 rings (SSSR count). The minimum atomic E-state index is -3.17. The Morgan fingerprint density at radius 3 is 2.65 bits per heavy atom. The standard InChI is InChI=1S/C9H10ClNO5S/c1-17(14,15)5-4-16-9-6-7(10)2-3-8(9)11(12)13/h2-3,6H,4-5H2,1H3. The first-order chi connectivity index (χ1) is 7.79. The molecule has 17 heavy (non-hydrogen) atoms. The molecule has 0 spiro atoms. The molecule has 0 atom stereocenters. The fourth-order valence-corrected chi connectivity index (χ4v) is 1.61. The van der Waals surface area contributed by atoms with E-state index in [0.29, 0.717) is 0 Å². The molecule has 94 valence electrons. The zero-order valence-electron chi connectivity index (χ0n) is 8.92. The van der Waals surface area contributed by atoms with Crippen molar-refractivity contribution in [1.82, 2.24) is 0 Å². The van der Waals surface area contributed by atoms with Crippen LogP contribution < -0.4 is 4.74 Å². The van der Waals surface area contributed by atoms with Crippen molar-refractivity contribution in [1.29, 1.82) is 0 Å². The average molecular weight is 280 g/mol. The molecule has 1 aromatic carbocycles. The van der Waals surface area contributed by atoms with Gasteiger partial charge in [-0.3, -0.25) is 10.1 Å². The summed E-state index contributed by atoms with van der Waals surface area (Å²) < 4.78 is 26.8. The summed E-state index contributed by atoms with van der Waals surface area (Å²) in [5.74, 6) is -0.248. The second-order valence-corrected chi connectivity index (χ2v) is 6.04. The maximum absolute atomic E-state index is 10.9. The van der Waals surface area contributed by atoms with E-state index < -0.39 is 14.8 Å². The Hall–Kier alpha value is -1.34.